The smallest absolute Gasteiger partial charge is 0.255 e. The topological polar surface area (TPSA) is 56.2 Å². The van der Waals surface area contributed by atoms with Crippen molar-refractivity contribution in [2.75, 3.05) is 6.61 Å². The van der Waals surface area contributed by atoms with Crippen molar-refractivity contribution in [1.82, 2.24) is 14.9 Å². The summed E-state index contributed by atoms with van der Waals surface area (Å²) >= 11 is 9.66. The first-order valence-corrected chi connectivity index (χ1v) is 11.1. The van der Waals surface area contributed by atoms with E-state index in [2.05, 4.69) is 26.2 Å². The van der Waals surface area contributed by atoms with Crippen LogP contribution in [-0.2, 0) is 19.6 Å². The number of hydrogen-bond donors (Lipinski definition) is 1. The van der Waals surface area contributed by atoms with Gasteiger partial charge in [0.2, 0.25) is 0 Å². The number of halogens is 2. The molecule has 4 aromatic rings. The first-order chi connectivity index (χ1) is 15.1. The summed E-state index contributed by atoms with van der Waals surface area (Å²) in [6.07, 6.45) is 1.75. The Hall–Kier alpha value is -2.67. The van der Waals surface area contributed by atoms with Gasteiger partial charge in [0.05, 0.1) is 17.8 Å². The lowest BCUT2D eigenvalue weighted by molar-refractivity contribution is 0.298. The molecule has 0 atom stereocenters. The normalized spacial score (nSPS) is 11.0. The third-order valence-corrected chi connectivity index (χ3v) is 5.59. The highest BCUT2D eigenvalue weighted by Gasteiger charge is 2.10. The van der Waals surface area contributed by atoms with Gasteiger partial charge >= 0.3 is 0 Å². The molecule has 0 aliphatic rings. The second-order valence-electron chi connectivity index (χ2n) is 7.06. The van der Waals surface area contributed by atoms with Crippen LogP contribution in [0, 0.1) is 0 Å². The van der Waals surface area contributed by atoms with Crippen LogP contribution in [0.25, 0.3) is 10.9 Å². The van der Waals surface area contributed by atoms with Gasteiger partial charge in [-0.15, -0.1) is 0 Å². The van der Waals surface area contributed by atoms with Crippen LogP contribution in [0.4, 0.5) is 0 Å². The summed E-state index contributed by atoms with van der Waals surface area (Å²) in [5, 5.41) is 4.87. The second kappa shape index (κ2) is 10.1. The molecule has 0 aliphatic carbocycles. The summed E-state index contributed by atoms with van der Waals surface area (Å²) in [5.41, 5.74) is 2.33. The van der Waals surface area contributed by atoms with Crippen LogP contribution in [-0.4, -0.2) is 16.2 Å². The zero-order chi connectivity index (χ0) is 21.6. The van der Waals surface area contributed by atoms with E-state index in [1.54, 1.807) is 10.8 Å². The Kier molecular flexibility index (Phi) is 7.02. The van der Waals surface area contributed by atoms with Crippen LogP contribution < -0.4 is 15.6 Å². The van der Waals surface area contributed by atoms with Crippen molar-refractivity contribution in [3.63, 3.8) is 0 Å². The predicted octanol–water partition coefficient (Wildman–Crippen LogP) is 5.18. The highest BCUT2D eigenvalue weighted by Crippen LogP contribution is 2.19. The van der Waals surface area contributed by atoms with Crippen LogP contribution in [0.5, 0.6) is 5.75 Å². The van der Waals surface area contributed by atoms with Crippen molar-refractivity contribution in [2.24, 2.45) is 0 Å². The molecule has 0 fully saturated rings. The number of nitrogens with zero attached hydrogens (tertiary/aromatic N) is 2. The summed E-state index contributed by atoms with van der Waals surface area (Å²) < 4.78 is 8.52. The lowest BCUT2D eigenvalue weighted by atomic mass is 10.1. The van der Waals surface area contributed by atoms with Crippen LogP contribution >= 0.6 is 27.5 Å². The average Bonchev–Trinajstić information content (AvgIpc) is 2.77. The van der Waals surface area contributed by atoms with Gasteiger partial charge in [-0.2, -0.15) is 0 Å². The summed E-state index contributed by atoms with van der Waals surface area (Å²) in [6, 6.07) is 20.9. The largest absolute Gasteiger partial charge is 0.492 e. The Morgan fingerprint density at radius 3 is 2.68 bits per heavy atom. The molecule has 1 N–H and O–H groups in total. The number of nitrogens with one attached hydrogen (secondary N) is 1. The van der Waals surface area contributed by atoms with Gasteiger partial charge in [0.25, 0.3) is 5.56 Å². The molecule has 2 heterocycles. The first kappa shape index (κ1) is 21.6. The molecule has 2 aromatic carbocycles. The molecule has 0 unspecified atom stereocenters. The van der Waals surface area contributed by atoms with Crippen molar-refractivity contribution >= 4 is 38.4 Å². The number of hydrogen-bond acceptors (Lipinski definition) is 4. The van der Waals surface area contributed by atoms with Gasteiger partial charge in [-0.3, -0.25) is 9.78 Å². The van der Waals surface area contributed by atoms with Crippen molar-refractivity contribution < 1.29 is 4.74 Å². The fourth-order valence-electron chi connectivity index (χ4n) is 3.40. The third-order valence-electron chi connectivity index (χ3n) is 4.86. The number of aromatic nitrogens is 2. The minimum Gasteiger partial charge on any atom is -0.492 e. The van der Waals surface area contributed by atoms with Gasteiger partial charge in [0.1, 0.15) is 12.4 Å². The van der Waals surface area contributed by atoms with E-state index >= 15 is 0 Å². The maximum Gasteiger partial charge on any atom is 0.255 e. The van der Waals surface area contributed by atoms with Crippen LogP contribution in [0.15, 0.2) is 82.2 Å². The van der Waals surface area contributed by atoms with Gasteiger partial charge in [-0.1, -0.05) is 51.8 Å². The first-order valence-electron chi connectivity index (χ1n) is 9.91. The standard InChI is InChI=1S/C24H21BrClN3O2/c25-19-8-9-28-21(13-19)16-27-15-18-12-17-6-7-20(26)14-23(17)29(24(18)30)10-11-31-22-4-2-1-3-5-22/h1-9,12-14,27H,10-11,15-16H2. The molecule has 0 radical (unpaired) electrons. The van der Waals surface area contributed by atoms with E-state index in [0.717, 1.165) is 26.8 Å². The molecule has 7 heteroatoms. The quantitative estimate of drug-likeness (QED) is 0.364. The molecule has 4 rings (SSSR count). The summed E-state index contributed by atoms with van der Waals surface area (Å²) in [4.78, 5) is 17.6. The Morgan fingerprint density at radius 1 is 1.03 bits per heavy atom. The van der Waals surface area contributed by atoms with Crippen molar-refractivity contribution in [2.45, 2.75) is 19.6 Å². The van der Waals surface area contributed by atoms with Gasteiger partial charge in [-0.05, 0) is 47.9 Å². The van der Waals surface area contributed by atoms with Crippen molar-refractivity contribution in [3.8, 4) is 5.75 Å². The maximum absolute atomic E-state index is 13.2. The molecule has 5 nitrogen and oxygen atoms in total. The molecule has 0 spiro atoms. The minimum atomic E-state index is -0.0545. The summed E-state index contributed by atoms with van der Waals surface area (Å²) in [5.74, 6) is 0.775. The van der Waals surface area contributed by atoms with E-state index in [-0.39, 0.29) is 5.56 Å². The van der Waals surface area contributed by atoms with E-state index in [4.69, 9.17) is 16.3 Å². The van der Waals surface area contributed by atoms with Crippen molar-refractivity contribution in [1.29, 1.82) is 0 Å². The number of benzene rings is 2. The number of pyridine rings is 2. The lowest BCUT2D eigenvalue weighted by Crippen LogP contribution is -2.29. The predicted molar refractivity (Wildman–Crippen MR) is 128 cm³/mol. The average molecular weight is 499 g/mol. The SMILES string of the molecule is O=c1c(CNCc2cc(Br)ccn2)cc2ccc(Cl)cc2n1CCOc1ccccc1. The molecule has 0 saturated carbocycles. The fraction of sp³-hybridized carbons (Fsp3) is 0.167. The van der Waals surface area contributed by atoms with Crippen molar-refractivity contribution in [3.05, 3.63) is 104 Å². The molecule has 2 aromatic heterocycles. The molecular weight excluding hydrogens is 478 g/mol. The zero-order valence-corrected chi connectivity index (χ0v) is 19.1. The Balaban J connectivity index is 1.55. The molecule has 0 saturated heterocycles. The zero-order valence-electron chi connectivity index (χ0n) is 16.7. The van der Waals surface area contributed by atoms with E-state index < -0.39 is 0 Å². The Morgan fingerprint density at radius 2 is 1.87 bits per heavy atom. The van der Waals surface area contributed by atoms with E-state index in [9.17, 15) is 4.79 Å². The molecule has 0 bridgehead atoms. The lowest BCUT2D eigenvalue weighted by Gasteiger charge is -2.14. The van der Waals surface area contributed by atoms with E-state index in [1.807, 2.05) is 66.7 Å². The fourth-order valence-corrected chi connectivity index (χ4v) is 3.94. The summed E-state index contributed by atoms with van der Waals surface area (Å²) in [7, 11) is 0. The maximum atomic E-state index is 13.2. The minimum absolute atomic E-state index is 0.0545. The Bertz CT molecular complexity index is 1240. The van der Waals surface area contributed by atoms with E-state index in [1.165, 1.54) is 0 Å². The van der Waals surface area contributed by atoms with Gasteiger partial charge in [0, 0.05) is 34.3 Å². The highest BCUT2D eigenvalue weighted by atomic mass is 79.9. The van der Waals surface area contributed by atoms with Gasteiger partial charge in [-0.25, -0.2) is 0 Å². The highest BCUT2D eigenvalue weighted by molar-refractivity contribution is 9.10. The number of rotatable bonds is 8. The number of ether oxygens (including phenoxy) is 1. The van der Waals surface area contributed by atoms with E-state index in [0.29, 0.717) is 36.8 Å². The molecule has 0 amide bonds. The van der Waals surface area contributed by atoms with Gasteiger partial charge in [0.15, 0.2) is 0 Å². The van der Waals surface area contributed by atoms with Crippen LogP contribution in [0.2, 0.25) is 5.02 Å². The second-order valence-corrected chi connectivity index (χ2v) is 8.41. The number of fused-ring (bicyclic) bond motifs is 1. The molecule has 31 heavy (non-hydrogen) atoms. The molecule has 158 valence electrons. The summed E-state index contributed by atoms with van der Waals surface area (Å²) in [6.45, 7) is 1.80. The Labute approximate surface area is 193 Å². The molecular formula is C24H21BrClN3O2. The molecule has 0 aliphatic heterocycles. The van der Waals surface area contributed by atoms with Gasteiger partial charge < -0.3 is 14.6 Å². The monoisotopic (exact) mass is 497 g/mol. The van der Waals surface area contributed by atoms with Crippen LogP contribution in [0.1, 0.15) is 11.3 Å². The van der Waals surface area contributed by atoms with Crippen LogP contribution in [0.3, 0.4) is 0 Å². The number of para-hydroxylation sites is 1. The third kappa shape index (κ3) is 5.53.